The third-order valence-electron chi connectivity index (χ3n) is 1.92. The zero-order valence-electron chi connectivity index (χ0n) is 7.93. The molecule has 0 aliphatic rings. The Morgan fingerprint density at radius 3 is 2.71 bits per heavy atom. The van der Waals surface area contributed by atoms with Crippen molar-refractivity contribution < 1.29 is 9.53 Å². The molecule has 0 saturated heterocycles. The Hall–Kier alpha value is -0.290. The van der Waals surface area contributed by atoms with Crippen LogP contribution in [0.15, 0.2) is 12.1 Å². The summed E-state index contributed by atoms with van der Waals surface area (Å²) in [6.45, 7) is 1.89. The Balaban J connectivity index is 3.24. The second-order valence-corrected chi connectivity index (χ2v) is 4.29. The largest absolute Gasteiger partial charge is 0.496 e. The maximum Gasteiger partial charge on any atom is 0.177 e. The van der Waals surface area contributed by atoms with E-state index in [1.165, 1.54) is 0 Å². The van der Waals surface area contributed by atoms with Gasteiger partial charge >= 0.3 is 0 Å². The molecular formula is C10H10ClIO2. The van der Waals surface area contributed by atoms with E-state index >= 15 is 0 Å². The van der Waals surface area contributed by atoms with Crippen molar-refractivity contribution in [3.05, 3.63) is 26.8 Å². The van der Waals surface area contributed by atoms with Gasteiger partial charge in [0.15, 0.2) is 5.78 Å². The molecule has 0 amide bonds. The number of alkyl halides is 1. The molecule has 0 aliphatic carbocycles. The molecule has 1 aromatic rings. The van der Waals surface area contributed by atoms with Crippen LogP contribution in [0, 0.1) is 10.5 Å². The monoisotopic (exact) mass is 324 g/mol. The van der Waals surface area contributed by atoms with E-state index in [9.17, 15) is 4.79 Å². The molecule has 2 nitrogen and oxygen atoms in total. The highest BCUT2D eigenvalue weighted by Crippen LogP contribution is 2.25. The number of carbonyl (C=O) groups excluding carboxylic acids is 1. The topological polar surface area (TPSA) is 26.3 Å². The van der Waals surface area contributed by atoms with Crippen molar-refractivity contribution in [1.29, 1.82) is 0 Å². The highest BCUT2D eigenvalue weighted by atomic mass is 127. The van der Waals surface area contributed by atoms with Crippen LogP contribution in [0.3, 0.4) is 0 Å². The number of methoxy groups -OCH3 is 1. The molecule has 0 atom stereocenters. The number of ether oxygens (including phenoxy) is 1. The van der Waals surface area contributed by atoms with Crippen LogP contribution in [-0.4, -0.2) is 18.8 Å². The van der Waals surface area contributed by atoms with Crippen LogP contribution in [-0.2, 0) is 0 Å². The number of hydrogen-bond donors (Lipinski definition) is 0. The predicted molar refractivity (Wildman–Crippen MR) is 65.5 cm³/mol. The molecule has 0 fully saturated rings. The molecule has 0 aromatic heterocycles. The van der Waals surface area contributed by atoms with Gasteiger partial charge in [-0.1, -0.05) is 0 Å². The number of benzene rings is 1. The molecular weight excluding hydrogens is 314 g/mol. The Kier molecular flexibility index (Phi) is 4.19. The second-order valence-electron chi connectivity index (χ2n) is 2.86. The SMILES string of the molecule is COc1cc(C(=O)CCl)c(C)cc1I. The smallest absolute Gasteiger partial charge is 0.177 e. The van der Waals surface area contributed by atoms with Gasteiger partial charge in [0.2, 0.25) is 0 Å². The summed E-state index contributed by atoms with van der Waals surface area (Å²) in [6.07, 6.45) is 0. The second kappa shape index (κ2) is 4.98. The van der Waals surface area contributed by atoms with Crippen molar-refractivity contribution in [2.24, 2.45) is 0 Å². The zero-order chi connectivity index (χ0) is 10.7. The first kappa shape index (κ1) is 11.8. The summed E-state index contributed by atoms with van der Waals surface area (Å²) < 4.78 is 6.13. The lowest BCUT2D eigenvalue weighted by Crippen LogP contribution is -2.04. The Labute approximate surface area is 102 Å². The van der Waals surface area contributed by atoms with Crippen molar-refractivity contribution in [3.8, 4) is 5.75 Å². The molecule has 1 aromatic carbocycles. The molecule has 0 heterocycles. The molecule has 76 valence electrons. The normalized spacial score (nSPS) is 10.0. The lowest BCUT2D eigenvalue weighted by Gasteiger charge is -2.08. The van der Waals surface area contributed by atoms with Gasteiger partial charge in [-0.15, -0.1) is 11.6 Å². The van der Waals surface area contributed by atoms with Gasteiger partial charge in [-0.05, 0) is 47.2 Å². The maximum absolute atomic E-state index is 11.4. The first-order valence-electron chi connectivity index (χ1n) is 4.03. The predicted octanol–water partition coefficient (Wildman–Crippen LogP) is 3.03. The van der Waals surface area contributed by atoms with E-state index in [-0.39, 0.29) is 11.7 Å². The van der Waals surface area contributed by atoms with Crippen LogP contribution in [0.4, 0.5) is 0 Å². The molecule has 0 aliphatic heterocycles. The summed E-state index contributed by atoms with van der Waals surface area (Å²) in [4.78, 5) is 11.4. The van der Waals surface area contributed by atoms with E-state index < -0.39 is 0 Å². The van der Waals surface area contributed by atoms with Crippen molar-refractivity contribution in [3.63, 3.8) is 0 Å². The summed E-state index contributed by atoms with van der Waals surface area (Å²) in [7, 11) is 1.59. The number of halogens is 2. The number of carbonyl (C=O) groups is 1. The zero-order valence-corrected chi connectivity index (χ0v) is 10.8. The molecule has 0 radical (unpaired) electrons. The van der Waals surface area contributed by atoms with Gasteiger partial charge in [-0.25, -0.2) is 0 Å². The molecule has 0 bridgehead atoms. The van der Waals surface area contributed by atoms with Gasteiger partial charge in [0.25, 0.3) is 0 Å². The van der Waals surface area contributed by atoms with E-state index in [0.29, 0.717) is 11.3 Å². The highest BCUT2D eigenvalue weighted by molar-refractivity contribution is 14.1. The highest BCUT2D eigenvalue weighted by Gasteiger charge is 2.11. The molecule has 0 N–H and O–H groups in total. The minimum atomic E-state index is -0.0705. The number of aryl methyl sites for hydroxylation is 1. The average molecular weight is 325 g/mol. The first-order chi connectivity index (χ1) is 6.60. The van der Waals surface area contributed by atoms with Crippen LogP contribution >= 0.6 is 34.2 Å². The fourth-order valence-corrected chi connectivity index (χ4v) is 2.17. The molecule has 4 heteroatoms. The Morgan fingerprint density at radius 2 is 2.21 bits per heavy atom. The summed E-state index contributed by atoms with van der Waals surface area (Å²) >= 11 is 7.67. The van der Waals surface area contributed by atoms with Gasteiger partial charge in [0, 0.05) is 5.56 Å². The molecule has 0 saturated carbocycles. The van der Waals surface area contributed by atoms with Crippen molar-refractivity contribution in [2.75, 3.05) is 13.0 Å². The summed E-state index contributed by atoms with van der Waals surface area (Å²) in [5, 5.41) is 0. The fraction of sp³-hybridized carbons (Fsp3) is 0.300. The average Bonchev–Trinajstić information content (AvgIpc) is 2.17. The number of hydrogen-bond acceptors (Lipinski definition) is 2. The van der Waals surface area contributed by atoms with E-state index in [2.05, 4.69) is 22.6 Å². The number of Topliss-reactive ketones (excluding diaryl/α,β-unsaturated/α-hetero) is 1. The molecule has 0 unspecified atom stereocenters. The van der Waals surface area contributed by atoms with Gasteiger partial charge < -0.3 is 4.74 Å². The van der Waals surface area contributed by atoms with Crippen LogP contribution in [0.5, 0.6) is 5.75 Å². The number of ketones is 1. The first-order valence-corrected chi connectivity index (χ1v) is 5.64. The van der Waals surface area contributed by atoms with Crippen LogP contribution in [0.1, 0.15) is 15.9 Å². The van der Waals surface area contributed by atoms with Crippen molar-refractivity contribution in [1.82, 2.24) is 0 Å². The van der Waals surface area contributed by atoms with Crippen molar-refractivity contribution >= 4 is 40.0 Å². The molecule has 0 spiro atoms. The quantitative estimate of drug-likeness (QED) is 0.485. The fourth-order valence-electron chi connectivity index (χ4n) is 1.18. The third-order valence-corrected chi connectivity index (χ3v) is 3.01. The van der Waals surface area contributed by atoms with Crippen LogP contribution in [0.2, 0.25) is 0 Å². The maximum atomic E-state index is 11.4. The third kappa shape index (κ3) is 2.39. The van der Waals surface area contributed by atoms with Crippen LogP contribution < -0.4 is 4.74 Å². The lowest BCUT2D eigenvalue weighted by atomic mass is 10.1. The minimum Gasteiger partial charge on any atom is -0.496 e. The standard InChI is InChI=1S/C10H10ClIO2/c1-6-3-8(12)10(14-2)4-7(6)9(13)5-11/h3-4H,5H2,1-2H3. The van der Waals surface area contributed by atoms with Gasteiger partial charge in [-0.2, -0.15) is 0 Å². The van der Waals surface area contributed by atoms with E-state index in [1.54, 1.807) is 13.2 Å². The Morgan fingerprint density at radius 1 is 1.57 bits per heavy atom. The van der Waals surface area contributed by atoms with E-state index in [0.717, 1.165) is 9.13 Å². The van der Waals surface area contributed by atoms with Gasteiger partial charge in [-0.3, -0.25) is 4.79 Å². The lowest BCUT2D eigenvalue weighted by molar-refractivity contribution is 0.102. The minimum absolute atomic E-state index is 0.00455. The molecule has 14 heavy (non-hydrogen) atoms. The summed E-state index contributed by atoms with van der Waals surface area (Å²) in [6, 6.07) is 3.65. The van der Waals surface area contributed by atoms with Gasteiger partial charge in [0.1, 0.15) is 5.75 Å². The van der Waals surface area contributed by atoms with Gasteiger partial charge in [0.05, 0.1) is 16.6 Å². The van der Waals surface area contributed by atoms with E-state index in [1.807, 2.05) is 13.0 Å². The molecule has 1 rings (SSSR count). The number of rotatable bonds is 3. The summed E-state index contributed by atoms with van der Waals surface area (Å²) in [5.74, 6) is 0.647. The Bertz CT molecular complexity index is 363. The summed E-state index contributed by atoms with van der Waals surface area (Å²) in [5.41, 5.74) is 1.57. The van der Waals surface area contributed by atoms with E-state index in [4.69, 9.17) is 16.3 Å². The van der Waals surface area contributed by atoms with Crippen LogP contribution in [0.25, 0.3) is 0 Å². The van der Waals surface area contributed by atoms with Crippen molar-refractivity contribution in [2.45, 2.75) is 6.92 Å².